The molecule has 2 aromatic rings. The van der Waals surface area contributed by atoms with Crippen LogP contribution in [0.2, 0.25) is 0 Å². The van der Waals surface area contributed by atoms with Gasteiger partial charge in [0.15, 0.2) is 0 Å². The number of nitrogens with zero attached hydrogens (tertiary/aromatic N) is 3. The number of carbonyl (C=O) groups excluding carboxylic acids is 1. The van der Waals surface area contributed by atoms with Gasteiger partial charge in [-0.3, -0.25) is 4.79 Å². The minimum atomic E-state index is -0.687. The number of aromatic nitrogens is 2. The van der Waals surface area contributed by atoms with Crippen molar-refractivity contribution in [1.29, 1.82) is 5.26 Å². The second-order valence-corrected chi connectivity index (χ2v) is 7.28. The first kappa shape index (κ1) is 20.7. The molecular weight excluding hydrogens is 369 g/mol. The van der Waals surface area contributed by atoms with Crippen LogP contribution in [0.1, 0.15) is 61.9 Å². The molecule has 0 saturated heterocycles. The van der Waals surface area contributed by atoms with Crippen molar-refractivity contribution in [2.75, 3.05) is 0 Å². The number of esters is 1. The van der Waals surface area contributed by atoms with Gasteiger partial charge in [0.05, 0.1) is 11.5 Å². The molecule has 150 valence electrons. The SMILES string of the molecule is C/C=C/CCc1cnc(C2CCC(C(=O)Oc3ccc(C#N)c(F)c3)CC2)nc1. The number of hydrogen-bond acceptors (Lipinski definition) is 5. The quantitative estimate of drug-likeness (QED) is 0.397. The van der Waals surface area contributed by atoms with E-state index in [1.165, 1.54) is 12.1 Å². The molecule has 6 heteroatoms. The summed E-state index contributed by atoms with van der Waals surface area (Å²) in [5, 5.41) is 8.77. The maximum Gasteiger partial charge on any atom is 0.314 e. The summed E-state index contributed by atoms with van der Waals surface area (Å²) in [5.74, 6) is -0.0482. The van der Waals surface area contributed by atoms with Gasteiger partial charge in [0.25, 0.3) is 0 Å². The molecule has 1 aromatic carbocycles. The van der Waals surface area contributed by atoms with E-state index in [9.17, 15) is 9.18 Å². The van der Waals surface area contributed by atoms with Crippen LogP contribution in [0.15, 0.2) is 42.7 Å². The summed E-state index contributed by atoms with van der Waals surface area (Å²) in [6.45, 7) is 2.01. The molecule has 5 nitrogen and oxygen atoms in total. The fourth-order valence-electron chi connectivity index (χ4n) is 3.56. The van der Waals surface area contributed by atoms with Crippen LogP contribution in [0.5, 0.6) is 5.75 Å². The Kier molecular flexibility index (Phi) is 7.07. The summed E-state index contributed by atoms with van der Waals surface area (Å²) in [6, 6.07) is 5.58. The number of benzene rings is 1. The molecular formula is C23H24FN3O2. The number of halogens is 1. The lowest BCUT2D eigenvalue weighted by Crippen LogP contribution is -2.25. The highest BCUT2D eigenvalue weighted by molar-refractivity contribution is 5.75. The van der Waals surface area contributed by atoms with Crippen LogP contribution in [0, 0.1) is 23.1 Å². The lowest BCUT2D eigenvalue weighted by atomic mass is 9.81. The lowest BCUT2D eigenvalue weighted by molar-refractivity contribution is -0.140. The predicted octanol–water partition coefficient (Wildman–Crippen LogP) is 4.88. The van der Waals surface area contributed by atoms with E-state index in [4.69, 9.17) is 10.00 Å². The van der Waals surface area contributed by atoms with Gasteiger partial charge < -0.3 is 4.74 Å². The molecule has 29 heavy (non-hydrogen) atoms. The Hall–Kier alpha value is -3.07. The molecule has 3 rings (SSSR count). The maximum atomic E-state index is 13.7. The summed E-state index contributed by atoms with van der Waals surface area (Å²) in [6.07, 6.45) is 12.9. The molecule has 1 saturated carbocycles. The highest BCUT2D eigenvalue weighted by Gasteiger charge is 2.29. The highest BCUT2D eigenvalue weighted by atomic mass is 19.1. The third-order valence-corrected chi connectivity index (χ3v) is 5.27. The zero-order valence-electron chi connectivity index (χ0n) is 16.5. The van der Waals surface area contributed by atoms with Gasteiger partial charge in [0, 0.05) is 24.4 Å². The predicted molar refractivity (Wildman–Crippen MR) is 107 cm³/mol. The third kappa shape index (κ3) is 5.47. The number of rotatable bonds is 6. The second-order valence-electron chi connectivity index (χ2n) is 7.28. The Morgan fingerprint density at radius 2 is 2.00 bits per heavy atom. The molecule has 0 bridgehead atoms. The Morgan fingerprint density at radius 1 is 1.28 bits per heavy atom. The first-order valence-corrected chi connectivity index (χ1v) is 9.94. The van der Waals surface area contributed by atoms with E-state index in [0.717, 1.165) is 43.1 Å². The number of carbonyl (C=O) groups is 1. The molecule has 0 atom stereocenters. The van der Waals surface area contributed by atoms with Crippen LogP contribution in [0.3, 0.4) is 0 Å². The van der Waals surface area contributed by atoms with Crippen molar-refractivity contribution in [2.45, 2.75) is 51.4 Å². The molecule has 1 heterocycles. The topological polar surface area (TPSA) is 75.9 Å². The molecule has 0 radical (unpaired) electrons. The van der Waals surface area contributed by atoms with Crippen molar-refractivity contribution in [2.24, 2.45) is 5.92 Å². The zero-order chi connectivity index (χ0) is 20.6. The number of aryl methyl sites for hydroxylation is 1. The average molecular weight is 393 g/mol. The van der Waals surface area contributed by atoms with Gasteiger partial charge in [-0.25, -0.2) is 14.4 Å². The van der Waals surface area contributed by atoms with E-state index in [2.05, 4.69) is 16.0 Å². The Morgan fingerprint density at radius 3 is 2.62 bits per heavy atom. The van der Waals surface area contributed by atoms with E-state index in [-0.39, 0.29) is 29.1 Å². The molecule has 1 aliphatic rings. The summed E-state index contributed by atoms with van der Waals surface area (Å²) < 4.78 is 19.0. The fourth-order valence-corrected chi connectivity index (χ4v) is 3.56. The van der Waals surface area contributed by atoms with Crippen LogP contribution in [0.4, 0.5) is 4.39 Å². The van der Waals surface area contributed by atoms with Gasteiger partial charge in [-0.2, -0.15) is 5.26 Å². The lowest BCUT2D eigenvalue weighted by Gasteiger charge is -2.26. The van der Waals surface area contributed by atoms with Crippen molar-refractivity contribution < 1.29 is 13.9 Å². The van der Waals surface area contributed by atoms with E-state index >= 15 is 0 Å². The van der Waals surface area contributed by atoms with E-state index in [1.807, 2.05) is 25.4 Å². The molecule has 1 aliphatic carbocycles. The minimum absolute atomic E-state index is 0.0712. The number of ether oxygens (including phenoxy) is 1. The fraction of sp³-hybridized carbons (Fsp3) is 0.391. The molecule has 0 N–H and O–H groups in total. The maximum absolute atomic E-state index is 13.7. The van der Waals surface area contributed by atoms with Crippen molar-refractivity contribution in [3.63, 3.8) is 0 Å². The molecule has 0 unspecified atom stereocenters. The Bertz CT molecular complexity index is 911. The van der Waals surface area contributed by atoms with Gasteiger partial charge in [-0.05, 0) is 63.1 Å². The van der Waals surface area contributed by atoms with Crippen LogP contribution >= 0.6 is 0 Å². The van der Waals surface area contributed by atoms with Crippen LogP contribution in [-0.4, -0.2) is 15.9 Å². The summed E-state index contributed by atoms with van der Waals surface area (Å²) in [7, 11) is 0. The average Bonchev–Trinajstić information content (AvgIpc) is 2.75. The third-order valence-electron chi connectivity index (χ3n) is 5.27. The molecule has 1 fully saturated rings. The van der Waals surface area contributed by atoms with Crippen LogP contribution in [0.25, 0.3) is 0 Å². The zero-order valence-corrected chi connectivity index (χ0v) is 16.5. The van der Waals surface area contributed by atoms with E-state index < -0.39 is 5.82 Å². The largest absolute Gasteiger partial charge is 0.426 e. The van der Waals surface area contributed by atoms with Crippen molar-refractivity contribution in [1.82, 2.24) is 9.97 Å². The Labute approximate surface area is 170 Å². The summed E-state index contributed by atoms with van der Waals surface area (Å²) >= 11 is 0. The van der Waals surface area contributed by atoms with Gasteiger partial charge in [0.1, 0.15) is 23.5 Å². The van der Waals surface area contributed by atoms with Gasteiger partial charge in [0.2, 0.25) is 0 Å². The van der Waals surface area contributed by atoms with Crippen molar-refractivity contribution in [3.05, 3.63) is 65.5 Å². The standard InChI is InChI=1S/C23H24FN3O2/c1-2-3-4-5-16-14-26-22(27-15-16)17-6-8-18(9-7-17)23(28)29-20-11-10-19(13-25)21(24)12-20/h2-3,10-12,14-15,17-18H,4-9H2,1H3/b3-2+. The molecule has 0 amide bonds. The van der Waals surface area contributed by atoms with Gasteiger partial charge in [-0.15, -0.1) is 0 Å². The van der Waals surface area contributed by atoms with E-state index in [1.54, 1.807) is 6.07 Å². The number of hydrogen-bond donors (Lipinski definition) is 0. The summed E-state index contributed by atoms with van der Waals surface area (Å²) in [5.41, 5.74) is 1.05. The Balaban J connectivity index is 1.51. The minimum Gasteiger partial charge on any atom is -0.426 e. The molecule has 1 aromatic heterocycles. The molecule has 0 spiro atoms. The first-order valence-electron chi connectivity index (χ1n) is 9.94. The highest BCUT2D eigenvalue weighted by Crippen LogP contribution is 2.35. The molecule has 0 aliphatic heterocycles. The number of nitriles is 1. The van der Waals surface area contributed by atoms with Gasteiger partial charge in [-0.1, -0.05) is 12.2 Å². The van der Waals surface area contributed by atoms with Crippen molar-refractivity contribution >= 4 is 5.97 Å². The van der Waals surface area contributed by atoms with Crippen LogP contribution < -0.4 is 4.74 Å². The van der Waals surface area contributed by atoms with Crippen molar-refractivity contribution in [3.8, 4) is 11.8 Å². The second kappa shape index (κ2) is 9.92. The number of allylic oxidation sites excluding steroid dienone is 2. The monoisotopic (exact) mass is 393 g/mol. The normalized spacial score (nSPS) is 19.1. The smallest absolute Gasteiger partial charge is 0.314 e. The van der Waals surface area contributed by atoms with Gasteiger partial charge >= 0.3 is 5.97 Å². The van der Waals surface area contributed by atoms with E-state index in [0.29, 0.717) is 12.8 Å². The summed E-state index contributed by atoms with van der Waals surface area (Å²) in [4.78, 5) is 21.5. The van der Waals surface area contributed by atoms with Crippen LogP contribution in [-0.2, 0) is 11.2 Å². The first-order chi connectivity index (χ1) is 14.1.